The third-order valence-electron chi connectivity index (χ3n) is 5.04. The maximum absolute atomic E-state index is 13.8. The Balaban J connectivity index is 2.24. The molecular formula is C21H24F6N4O3. The lowest BCUT2D eigenvalue weighted by Gasteiger charge is -2.33. The summed E-state index contributed by atoms with van der Waals surface area (Å²) in [6, 6.07) is 6.95. The number of amides is 1. The second kappa shape index (κ2) is 10.4. The number of methoxy groups -OCH3 is 2. The van der Waals surface area contributed by atoms with Gasteiger partial charge in [-0.1, -0.05) is 12.1 Å². The number of hydrogen-bond donors (Lipinski definition) is 3. The Morgan fingerprint density at radius 1 is 1.03 bits per heavy atom. The van der Waals surface area contributed by atoms with Crippen molar-refractivity contribution in [3.8, 4) is 11.6 Å². The van der Waals surface area contributed by atoms with Crippen LogP contribution in [0.5, 0.6) is 11.6 Å². The minimum atomic E-state index is -4.82. The van der Waals surface area contributed by atoms with E-state index in [-0.39, 0.29) is 12.2 Å². The van der Waals surface area contributed by atoms with E-state index in [1.54, 1.807) is 24.3 Å². The number of hydrogen-bond acceptors (Lipinski definition) is 6. The van der Waals surface area contributed by atoms with Crippen LogP contribution in [0.3, 0.4) is 0 Å². The predicted molar refractivity (Wildman–Crippen MR) is 112 cm³/mol. The molecule has 0 aliphatic carbocycles. The van der Waals surface area contributed by atoms with Crippen LogP contribution >= 0.6 is 0 Å². The van der Waals surface area contributed by atoms with Crippen molar-refractivity contribution in [3.63, 3.8) is 0 Å². The zero-order valence-electron chi connectivity index (χ0n) is 18.7. The van der Waals surface area contributed by atoms with E-state index in [1.165, 1.54) is 14.2 Å². The van der Waals surface area contributed by atoms with E-state index < -0.39 is 47.5 Å². The molecule has 188 valence electrons. The highest BCUT2D eigenvalue weighted by Crippen LogP contribution is 2.37. The first-order chi connectivity index (χ1) is 15.8. The lowest BCUT2D eigenvalue weighted by molar-refractivity contribution is -0.190. The largest absolute Gasteiger partial charge is 0.497 e. The summed E-state index contributed by atoms with van der Waals surface area (Å²) in [5, 5.41) is 6.89. The monoisotopic (exact) mass is 494 g/mol. The van der Waals surface area contributed by atoms with Crippen molar-refractivity contribution in [1.29, 1.82) is 0 Å². The van der Waals surface area contributed by atoms with E-state index in [2.05, 4.69) is 25.7 Å². The van der Waals surface area contributed by atoms with Gasteiger partial charge in [-0.15, -0.1) is 0 Å². The Bertz CT molecular complexity index is 996. The molecule has 0 radical (unpaired) electrons. The van der Waals surface area contributed by atoms with E-state index in [9.17, 15) is 31.1 Å². The summed E-state index contributed by atoms with van der Waals surface area (Å²) in [5.41, 5.74) is -4.14. The molecule has 1 atom stereocenters. The average molecular weight is 494 g/mol. The number of nitrogens with one attached hydrogen (secondary N) is 3. The molecule has 0 saturated heterocycles. The van der Waals surface area contributed by atoms with Crippen LogP contribution in [0.25, 0.3) is 0 Å². The second-order valence-electron chi connectivity index (χ2n) is 7.40. The summed E-state index contributed by atoms with van der Waals surface area (Å²) in [6.45, 7) is -0.236. The molecule has 3 N–H and O–H groups in total. The molecule has 1 aromatic heterocycles. The number of alkyl halides is 6. The van der Waals surface area contributed by atoms with Crippen LogP contribution in [-0.4, -0.2) is 50.4 Å². The van der Waals surface area contributed by atoms with E-state index in [1.807, 2.05) is 0 Å². The second-order valence-corrected chi connectivity index (χ2v) is 7.40. The van der Waals surface area contributed by atoms with Crippen LogP contribution in [0.4, 0.5) is 32.0 Å². The molecule has 0 bridgehead atoms. The van der Waals surface area contributed by atoms with Crippen LogP contribution in [0.15, 0.2) is 30.3 Å². The fraction of sp³-hybridized carbons (Fsp3) is 0.429. The van der Waals surface area contributed by atoms with Gasteiger partial charge in [-0.05, 0) is 30.7 Å². The molecule has 2 rings (SSSR count). The third-order valence-corrected chi connectivity index (χ3v) is 5.04. The van der Waals surface area contributed by atoms with Crippen LogP contribution in [0.2, 0.25) is 0 Å². The van der Waals surface area contributed by atoms with Crippen molar-refractivity contribution in [3.05, 3.63) is 47.2 Å². The Morgan fingerprint density at radius 2 is 1.65 bits per heavy atom. The van der Waals surface area contributed by atoms with Crippen molar-refractivity contribution in [1.82, 2.24) is 15.6 Å². The molecule has 0 fully saturated rings. The first-order valence-corrected chi connectivity index (χ1v) is 9.82. The summed E-state index contributed by atoms with van der Waals surface area (Å²) in [6.07, 6.45) is -9.59. The van der Waals surface area contributed by atoms with Crippen molar-refractivity contribution in [2.45, 2.75) is 31.4 Å². The summed E-state index contributed by atoms with van der Waals surface area (Å²) in [4.78, 5) is 16.2. The number of halogens is 6. The van der Waals surface area contributed by atoms with Crippen molar-refractivity contribution in [2.24, 2.45) is 0 Å². The van der Waals surface area contributed by atoms with Crippen LogP contribution in [0.1, 0.15) is 28.5 Å². The van der Waals surface area contributed by atoms with Gasteiger partial charge < -0.3 is 20.1 Å². The SMILES string of the molecule is CNc1cc(C(F)(F)F)c(OC)nc1C(=O)NCC(C)(NCc1ccc(OC)cc1)C(F)(F)F. The van der Waals surface area contributed by atoms with Gasteiger partial charge in [-0.2, -0.15) is 26.3 Å². The zero-order chi connectivity index (χ0) is 25.7. The third kappa shape index (κ3) is 6.22. The highest BCUT2D eigenvalue weighted by atomic mass is 19.4. The predicted octanol–water partition coefficient (Wildman–Crippen LogP) is 4.00. The molecule has 1 amide bonds. The molecule has 1 heterocycles. The Labute approximate surface area is 191 Å². The number of pyridine rings is 1. The van der Waals surface area contributed by atoms with Gasteiger partial charge in [0.2, 0.25) is 5.88 Å². The molecule has 7 nitrogen and oxygen atoms in total. The van der Waals surface area contributed by atoms with Crippen LogP contribution in [-0.2, 0) is 12.7 Å². The number of rotatable bonds is 9. The first kappa shape index (κ1) is 27.0. The fourth-order valence-corrected chi connectivity index (χ4v) is 2.86. The molecule has 0 spiro atoms. The van der Waals surface area contributed by atoms with Gasteiger partial charge in [0.1, 0.15) is 16.9 Å². The maximum atomic E-state index is 13.8. The molecule has 0 aliphatic heterocycles. The van der Waals surface area contributed by atoms with Crippen molar-refractivity contribution in [2.75, 3.05) is 33.1 Å². The van der Waals surface area contributed by atoms with Gasteiger partial charge in [0.05, 0.1) is 19.9 Å². The molecule has 1 unspecified atom stereocenters. The lowest BCUT2D eigenvalue weighted by Crippen LogP contribution is -2.60. The Hall–Kier alpha value is -3.22. The van der Waals surface area contributed by atoms with Gasteiger partial charge in [0, 0.05) is 20.1 Å². The van der Waals surface area contributed by atoms with Gasteiger partial charge in [-0.3, -0.25) is 10.1 Å². The molecule has 13 heteroatoms. The normalized spacial score (nSPS) is 13.7. The Kier molecular flexibility index (Phi) is 8.24. The van der Waals surface area contributed by atoms with Crippen LogP contribution in [0, 0.1) is 0 Å². The molecule has 0 saturated carbocycles. The van der Waals surface area contributed by atoms with E-state index in [4.69, 9.17) is 4.74 Å². The first-order valence-electron chi connectivity index (χ1n) is 9.82. The molecule has 1 aromatic carbocycles. The topological polar surface area (TPSA) is 84.5 Å². The van der Waals surface area contributed by atoms with Gasteiger partial charge in [-0.25, -0.2) is 4.98 Å². The summed E-state index contributed by atoms with van der Waals surface area (Å²) >= 11 is 0. The highest BCUT2D eigenvalue weighted by Gasteiger charge is 2.51. The van der Waals surface area contributed by atoms with Gasteiger partial charge in [0.15, 0.2) is 5.69 Å². The van der Waals surface area contributed by atoms with E-state index >= 15 is 0 Å². The summed E-state index contributed by atoms with van der Waals surface area (Å²) < 4.78 is 90.7. The number of benzene rings is 1. The van der Waals surface area contributed by atoms with Crippen molar-refractivity contribution < 1.29 is 40.6 Å². The number of carbonyl (C=O) groups excluding carboxylic acids is 1. The van der Waals surface area contributed by atoms with E-state index in [0.717, 1.165) is 14.0 Å². The minimum absolute atomic E-state index is 0.177. The number of ether oxygens (including phenoxy) is 2. The van der Waals surface area contributed by atoms with Crippen molar-refractivity contribution >= 4 is 11.6 Å². The summed E-state index contributed by atoms with van der Waals surface area (Å²) in [7, 11) is 3.63. The number of anilines is 1. The molecule has 0 aliphatic rings. The number of aromatic nitrogens is 1. The molecule has 2 aromatic rings. The smallest absolute Gasteiger partial charge is 0.421 e. The van der Waals surface area contributed by atoms with Gasteiger partial charge in [0.25, 0.3) is 5.91 Å². The number of carbonyl (C=O) groups is 1. The zero-order valence-corrected chi connectivity index (χ0v) is 18.7. The van der Waals surface area contributed by atoms with Gasteiger partial charge >= 0.3 is 12.4 Å². The quantitative estimate of drug-likeness (QED) is 0.457. The molecule has 34 heavy (non-hydrogen) atoms. The Morgan fingerprint density at radius 3 is 2.12 bits per heavy atom. The fourth-order valence-electron chi connectivity index (χ4n) is 2.86. The van der Waals surface area contributed by atoms with E-state index in [0.29, 0.717) is 17.4 Å². The lowest BCUT2D eigenvalue weighted by atomic mass is 10.0. The molecular weight excluding hydrogens is 470 g/mol. The standard InChI is InChI=1S/C21H24F6N4O3/c1-19(21(25,26)27,30-10-12-5-7-13(33-3)8-6-12)11-29-17(32)16-15(28-2)9-14(20(22,23)24)18(31-16)34-4/h5-9,28,30H,10-11H2,1-4H3,(H,29,32). The van der Waals surface area contributed by atoms with Crippen LogP contribution < -0.4 is 25.4 Å². The summed E-state index contributed by atoms with van der Waals surface area (Å²) in [5.74, 6) is -1.46. The average Bonchev–Trinajstić information content (AvgIpc) is 2.79. The number of nitrogens with zero attached hydrogens (tertiary/aromatic N) is 1. The highest BCUT2D eigenvalue weighted by molar-refractivity contribution is 5.98. The maximum Gasteiger partial charge on any atom is 0.421 e. The minimum Gasteiger partial charge on any atom is -0.497 e.